The Hall–Kier alpha value is -2.75. The number of nitrogens with zero attached hydrogens (tertiary/aromatic N) is 5. The van der Waals surface area contributed by atoms with Gasteiger partial charge in [0.1, 0.15) is 5.92 Å². The standard InChI is InChI=1S/C28H36N6/c1-19-24-6-11-30-26(24)5-4-25(19)32-28-23(16-29)17-31-20(2)27(28)22-9-14-34(15-10-22)18-21-7-12-33(3)13-8-21/h4-6,9,11,21,23,27,30H,7-8,10,12-15,17-18H2,1-3H3. The van der Waals surface area contributed by atoms with Crippen molar-refractivity contribution in [1.82, 2.24) is 14.8 Å². The summed E-state index contributed by atoms with van der Waals surface area (Å²) in [5.74, 6) is 0.592. The summed E-state index contributed by atoms with van der Waals surface area (Å²) in [6, 6.07) is 8.76. The summed E-state index contributed by atoms with van der Waals surface area (Å²) in [6.45, 7) is 10.5. The summed E-state index contributed by atoms with van der Waals surface area (Å²) in [5, 5.41) is 11.1. The van der Waals surface area contributed by atoms with E-state index in [2.05, 4.69) is 66.0 Å². The Bertz CT molecular complexity index is 1170. The minimum Gasteiger partial charge on any atom is -0.361 e. The second kappa shape index (κ2) is 9.85. The van der Waals surface area contributed by atoms with E-state index < -0.39 is 0 Å². The fourth-order valence-electron chi connectivity index (χ4n) is 5.84. The van der Waals surface area contributed by atoms with Crippen LogP contribution in [0.5, 0.6) is 0 Å². The van der Waals surface area contributed by atoms with Crippen LogP contribution in [-0.4, -0.2) is 72.5 Å². The molecule has 5 rings (SSSR count). The molecule has 6 heteroatoms. The van der Waals surface area contributed by atoms with Gasteiger partial charge in [-0.25, -0.2) is 0 Å². The normalized spacial score (nSPS) is 26.5. The van der Waals surface area contributed by atoms with Gasteiger partial charge in [0.05, 0.1) is 29.9 Å². The molecule has 0 bridgehead atoms. The Morgan fingerprint density at radius 2 is 2.00 bits per heavy atom. The number of likely N-dealkylation sites (tertiary alicyclic amines) is 1. The van der Waals surface area contributed by atoms with E-state index in [0.717, 1.165) is 53.6 Å². The Kier molecular flexibility index (Phi) is 6.67. The lowest BCUT2D eigenvalue weighted by Crippen LogP contribution is -2.41. The molecule has 1 saturated heterocycles. The van der Waals surface area contributed by atoms with Gasteiger partial charge >= 0.3 is 0 Å². The molecule has 3 aliphatic rings. The summed E-state index contributed by atoms with van der Waals surface area (Å²) in [7, 11) is 2.23. The van der Waals surface area contributed by atoms with E-state index >= 15 is 0 Å². The highest BCUT2D eigenvalue weighted by Gasteiger charge is 2.34. The monoisotopic (exact) mass is 456 g/mol. The number of benzene rings is 1. The number of hydrogen-bond acceptors (Lipinski definition) is 5. The highest BCUT2D eigenvalue weighted by molar-refractivity contribution is 6.13. The number of hydrogen-bond donors (Lipinski definition) is 1. The Morgan fingerprint density at radius 1 is 1.18 bits per heavy atom. The number of aromatic amines is 1. The molecule has 3 aliphatic heterocycles. The Balaban J connectivity index is 1.39. The highest BCUT2D eigenvalue weighted by Crippen LogP contribution is 2.33. The summed E-state index contributed by atoms with van der Waals surface area (Å²) in [4.78, 5) is 18.3. The van der Waals surface area contributed by atoms with E-state index in [4.69, 9.17) is 9.98 Å². The zero-order valence-electron chi connectivity index (χ0n) is 20.7. The maximum atomic E-state index is 9.96. The third kappa shape index (κ3) is 4.60. The van der Waals surface area contributed by atoms with Crippen LogP contribution < -0.4 is 0 Å². The van der Waals surface area contributed by atoms with Crippen molar-refractivity contribution < 1.29 is 0 Å². The van der Waals surface area contributed by atoms with Crippen molar-refractivity contribution in [1.29, 1.82) is 5.26 Å². The van der Waals surface area contributed by atoms with Gasteiger partial charge in [-0.3, -0.25) is 14.9 Å². The number of H-pyrrole nitrogens is 1. The van der Waals surface area contributed by atoms with Crippen LogP contribution in [0.1, 0.15) is 31.7 Å². The lowest BCUT2D eigenvalue weighted by molar-refractivity contribution is 0.165. The summed E-state index contributed by atoms with van der Waals surface area (Å²) < 4.78 is 0. The molecule has 1 aromatic carbocycles. The molecule has 34 heavy (non-hydrogen) atoms. The summed E-state index contributed by atoms with van der Waals surface area (Å²) >= 11 is 0. The molecular weight excluding hydrogens is 420 g/mol. The fourth-order valence-corrected chi connectivity index (χ4v) is 5.84. The van der Waals surface area contributed by atoms with Gasteiger partial charge in [0.25, 0.3) is 0 Å². The number of nitrogens with one attached hydrogen (secondary N) is 1. The molecule has 1 aromatic heterocycles. The van der Waals surface area contributed by atoms with Crippen molar-refractivity contribution in [3.8, 4) is 6.07 Å². The fraction of sp³-hybridized carbons (Fsp3) is 0.536. The number of fused-ring (bicyclic) bond motifs is 1. The second-order valence-corrected chi connectivity index (χ2v) is 10.3. The molecule has 0 amide bonds. The van der Waals surface area contributed by atoms with Crippen molar-refractivity contribution in [2.75, 3.05) is 46.3 Å². The van der Waals surface area contributed by atoms with Crippen LogP contribution in [0.15, 0.2) is 46.0 Å². The number of aromatic nitrogens is 1. The SMILES string of the molecule is CC1=NCC(C#N)C(=Nc2ccc3[nH]ccc3c2C)C1C1=CCN(CC2CCN(C)CC2)CC1. The number of nitriles is 1. The van der Waals surface area contributed by atoms with E-state index in [1.165, 1.54) is 43.4 Å². The molecule has 2 unspecified atom stereocenters. The predicted octanol–water partition coefficient (Wildman–Crippen LogP) is 4.75. The molecule has 178 valence electrons. The average Bonchev–Trinajstić information content (AvgIpc) is 3.33. The maximum Gasteiger partial charge on any atom is 0.105 e. The van der Waals surface area contributed by atoms with Crippen LogP contribution in [0.3, 0.4) is 0 Å². The van der Waals surface area contributed by atoms with Crippen molar-refractivity contribution >= 4 is 28.0 Å². The zero-order valence-corrected chi connectivity index (χ0v) is 20.7. The average molecular weight is 457 g/mol. The molecular formula is C28H36N6. The largest absolute Gasteiger partial charge is 0.361 e. The summed E-state index contributed by atoms with van der Waals surface area (Å²) in [5.41, 5.74) is 6.70. The first-order valence-corrected chi connectivity index (χ1v) is 12.7. The molecule has 0 radical (unpaired) electrons. The first-order chi connectivity index (χ1) is 16.5. The quantitative estimate of drug-likeness (QED) is 0.675. The minimum absolute atomic E-state index is 0.0465. The second-order valence-electron chi connectivity index (χ2n) is 10.3. The van der Waals surface area contributed by atoms with E-state index in [9.17, 15) is 5.26 Å². The number of aryl methyl sites for hydroxylation is 1. The third-order valence-corrected chi connectivity index (χ3v) is 8.03. The van der Waals surface area contributed by atoms with Crippen LogP contribution >= 0.6 is 0 Å². The van der Waals surface area contributed by atoms with Crippen molar-refractivity contribution in [2.45, 2.75) is 33.1 Å². The third-order valence-electron chi connectivity index (χ3n) is 8.03. The predicted molar refractivity (Wildman–Crippen MR) is 140 cm³/mol. The van der Waals surface area contributed by atoms with Gasteiger partial charge in [0.15, 0.2) is 0 Å². The van der Waals surface area contributed by atoms with Gasteiger partial charge in [-0.15, -0.1) is 0 Å². The first kappa shape index (κ1) is 23.0. The van der Waals surface area contributed by atoms with Crippen molar-refractivity contribution in [2.24, 2.45) is 27.7 Å². The number of piperidine rings is 1. The maximum absolute atomic E-state index is 9.96. The van der Waals surface area contributed by atoms with Gasteiger partial charge in [-0.05, 0) is 82.9 Å². The topological polar surface area (TPSA) is 70.8 Å². The van der Waals surface area contributed by atoms with E-state index in [1.807, 2.05) is 6.20 Å². The van der Waals surface area contributed by atoms with Gasteiger partial charge in [0, 0.05) is 42.4 Å². The molecule has 1 N–H and O–H groups in total. The van der Waals surface area contributed by atoms with Crippen LogP contribution in [-0.2, 0) is 0 Å². The molecule has 2 aromatic rings. The van der Waals surface area contributed by atoms with E-state index in [1.54, 1.807) is 0 Å². The van der Waals surface area contributed by atoms with Crippen molar-refractivity contribution in [3.05, 3.63) is 41.6 Å². The van der Waals surface area contributed by atoms with Crippen LogP contribution in [0.2, 0.25) is 0 Å². The smallest absolute Gasteiger partial charge is 0.105 e. The van der Waals surface area contributed by atoms with Crippen LogP contribution in [0.25, 0.3) is 10.9 Å². The Morgan fingerprint density at radius 3 is 2.74 bits per heavy atom. The molecule has 1 fully saturated rings. The lowest BCUT2D eigenvalue weighted by Gasteiger charge is -2.36. The van der Waals surface area contributed by atoms with Gasteiger partial charge in [0.2, 0.25) is 0 Å². The minimum atomic E-state index is -0.270. The molecule has 0 saturated carbocycles. The van der Waals surface area contributed by atoms with Gasteiger partial charge in [-0.2, -0.15) is 5.26 Å². The number of aliphatic imine (C=N–C) groups is 2. The molecule has 2 atom stereocenters. The van der Waals surface area contributed by atoms with Crippen LogP contribution in [0, 0.1) is 36.0 Å². The zero-order chi connectivity index (χ0) is 23.7. The number of rotatable bonds is 4. The van der Waals surface area contributed by atoms with Crippen LogP contribution in [0.4, 0.5) is 5.69 Å². The summed E-state index contributed by atoms with van der Waals surface area (Å²) in [6.07, 6.45) is 8.01. The Labute approximate surface area is 203 Å². The molecule has 0 spiro atoms. The molecule has 4 heterocycles. The van der Waals surface area contributed by atoms with E-state index in [-0.39, 0.29) is 11.8 Å². The molecule has 6 nitrogen and oxygen atoms in total. The van der Waals surface area contributed by atoms with Crippen molar-refractivity contribution in [3.63, 3.8) is 0 Å². The molecule has 0 aliphatic carbocycles. The highest BCUT2D eigenvalue weighted by atomic mass is 15.1. The first-order valence-electron chi connectivity index (χ1n) is 12.7. The van der Waals surface area contributed by atoms with Gasteiger partial charge in [-0.1, -0.05) is 11.6 Å². The van der Waals surface area contributed by atoms with E-state index in [0.29, 0.717) is 6.54 Å². The van der Waals surface area contributed by atoms with Gasteiger partial charge < -0.3 is 9.88 Å². The lowest BCUT2D eigenvalue weighted by atomic mass is 9.79.